The number of aryl methyl sites for hydroxylation is 1. The summed E-state index contributed by atoms with van der Waals surface area (Å²) in [7, 11) is 3.29. The number of nitrogens with zero attached hydrogens (tertiary/aromatic N) is 3. The van der Waals surface area contributed by atoms with Crippen molar-refractivity contribution in [1.82, 2.24) is 25.2 Å². The van der Waals surface area contributed by atoms with Crippen LogP contribution in [0.25, 0.3) is 11.4 Å². The van der Waals surface area contributed by atoms with Crippen LogP contribution in [-0.4, -0.2) is 63.6 Å². The van der Waals surface area contributed by atoms with Gasteiger partial charge in [0.25, 0.3) is 0 Å². The van der Waals surface area contributed by atoms with E-state index in [9.17, 15) is 14.3 Å². The first-order chi connectivity index (χ1) is 20.4. The number of hydrogen-bond acceptors (Lipinski definition) is 7. The van der Waals surface area contributed by atoms with Gasteiger partial charge in [-0.1, -0.05) is 20.8 Å². The molecule has 43 heavy (non-hydrogen) atoms. The number of benzene rings is 1. The van der Waals surface area contributed by atoms with E-state index in [1.54, 1.807) is 12.4 Å². The SMILES string of the molecule is COCC(=O)N[C@@H](Cc1cc(F)cc(-c2nccn2C)c1)[C@@H](O)CN[C@H]1CC2(CCC2)Oc2ncc(CC(C)(C)C)cc21. The number of methoxy groups -OCH3 is 1. The van der Waals surface area contributed by atoms with Gasteiger partial charge in [-0.3, -0.25) is 4.79 Å². The van der Waals surface area contributed by atoms with Crippen molar-refractivity contribution in [2.75, 3.05) is 20.3 Å². The van der Waals surface area contributed by atoms with Gasteiger partial charge in [-0.15, -0.1) is 0 Å². The number of amides is 1. The fourth-order valence-corrected chi connectivity index (χ4v) is 6.21. The van der Waals surface area contributed by atoms with Crippen molar-refractivity contribution >= 4 is 5.91 Å². The number of carbonyl (C=O) groups excluding carboxylic acids is 1. The topological polar surface area (TPSA) is 111 Å². The average molecular weight is 594 g/mol. The van der Waals surface area contributed by atoms with Gasteiger partial charge in [-0.25, -0.2) is 14.4 Å². The van der Waals surface area contributed by atoms with Crippen molar-refractivity contribution in [2.45, 2.75) is 83.1 Å². The highest BCUT2D eigenvalue weighted by molar-refractivity contribution is 5.77. The van der Waals surface area contributed by atoms with E-state index in [0.29, 0.717) is 22.8 Å². The van der Waals surface area contributed by atoms with Crippen LogP contribution in [0.15, 0.2) is 42.9 Å². The Kier molecular flexibility index (Phi) is 9.20. The number of imidazole rings is 1. The van der Waals surface area contributed by atoms with Gasteiger partial charge in [0.05, 0.1) is 12.1 Å². The van der Waals surface area contributed by atoms with E-state index in [4.69, 9.17) is 14.5 Å². The second kappa shape index (κ2) is 12.7. The third kappa shape index (κ3) is 7.60. The van der Waals surface area contributed by atoms with Crippen molar-refractivity contribution in [1.29, 1.82) is 0 Å². The second-order valence-corrected chi connectivity index (χ2v) is 13.4. The first-order valence-electron chi connectivity index (χ1n) is 15.1. The molecule has 1 aliphatic carbocycles. The molecule has 0 unspecified atom stereocenters. The van der Waals surface area contributed by atoms with Gasteiger partial charge in [0.2, 0.25) is 11.8 Å². The van der Waals surface area contributed by atoms with Gasteiger partial charge < -0.3 is 29.8 Å². The highest BCUT2D eigenvalue weighted by atomic mass is 19.1. The lowest BCUT2D eigenvalue weighted by Crippen LogP contribution is -2.52. The number of fused-ring (bicyclic) bond motifs is 1. The van der Waals surface area contributed by atoms with Crippen LogP contribution in [0.3, 0.4) is 0 Å². The van der Waals surface area contributed by atoms with Crippen molar-refractivity contribution in [2.24, 2.45) is 12.5 Å². The largest absolute Gasteiger partial charge is 0.471 e. The maximum absolute atomic E-state index is 14.7. The van der Waals surface area contributed by atoms with Gasteiger partial charge in [-0.05, 0) is 72.9 Å². The van der Waals surface area contributed by atoms with Crippen LogP contribution in [0.1, 0.15) is 69.2 Å². The number of aliphatic hydroxyl groups excluding tert-OH is 1. The number of ether oxygens (including phenoxy) is 2. The Balaban J connectivity index is 1.35. The molecular formula is C33H44FN5O4. The molecule has 1 amide bonds. The molecule has 5 rings (SSSR count). The summed E-state index contributed by atoms with van der Waals surface area (Å²) >= 11 is 0. The Labute approximate surface area is 253 Å². The predicted molar refractivity (Wildman–Crippen MR) is 162 cm³/mol. The minimum absolute atomic E-state index is 0.0642. The number of hydrogen-bond donors (Lipinski definition) is 3. The first-order valence-corrected chi connectivity index (χ1v) is 15.1. The Morgan fingerprint density at radius 2 is 2.02 bits per heavy atom. The van der Waals surface area contributed by atoms with E-state index < -0.39 is 18.0 Å². The monoisotopic (exact) mass is 593 g/mol. The van der Waals surface area contributed by atoms with E-state index in [-0.39, 0.29) is 42.5 Å². The number of halogens is 1. The Morgan fingerprint density at radius 1 is 1.23 bits per heavy atom. The van der Waals surface area contributed by atoms with Gasteiger partial charge in [0.1, 0.15) is 23.8 Å². The van der Waals surface area contributed by atoms with E-state index in [2.05, 4.69) is 42.5 Å². The average Bonchev–Trinajstić information content (AvgIpc) is 3.35. The lowest BCUT2D eigenvalue weighted by Gasteiger charge is -2.47. The fraction of sp³-hybridized carbons (Fsp3) is 0.545. The molecule has 1 aliphatic heterocycles. The van der Waals surface area contributed by atoms with Crippen LogP contribution in [0.5, 0.6) is 5.88 Å². The zero-order valence-corrected chi connectivity index (χ0v) is 25.8. The van der Waals surface area contributed by atoms with Crippen molar-refractivity contribution in [3.05, 3.63) is 65.4 Å². The van der Waals surface area contributed by atoms with Crippen LogP contribution in [-0.2, 0) is 29.4 Å². The maximum Gasteiger partial charge on any atom is 0.246 e. The molecule has 0 saturated heterocycles. The number of nitrogens with one attached hydrogen (secondary N) is 2. The molecule has 9 nitrogen and oxygen atoms in total. The number of carbonyl (C=O) groups is 1. The number of aliphatic hydroxyl groups is 1. The molecule has 0 bridgehead atoms. The lowest BCUT2D eigenvalue weighted by atomic mass is 9.73. The highest BCUT2D eigenvalue weighted by Crippen LogP contribution is 2.48. The van der Waals surface area contributed by atoms with Crippen LogP contribution in [0, 0.1) is 11.2 Å². The van der Waals surface area contributed by atoms with Crippen LogP contribution in [0.2, 0.25) is 0 Å². The summed E-state index contributed by atoms with van der Waals surface area (Å²) < 4.78 is 28.0. The summed E-state index contributed by atoms with van der Waals surface area (Å²) in [6.45, 7) is 6.68. The first kappa shape index (κ1) is 31.1. The summed E-state index contributed by atoms with van der Waals surface area (Å²) in [5, 5.41) is 17.9. The molecule has 3 atom stereocenters. The molecule has 1 aromatic carbocycles. The standard InChI is InChI=1S/C33H44FN5O4/c1-32(2,3)16-22-13-25-27(17-33(7-6-8-33)43-31(25)37-18-22)36-19-28(40)26(38-29(41)20-42-5)14-21-11-23(15-24(34)12-21)30-35-9-10-39(30)4/h9-13,15,18,26-28,36,40H,6-8,14,16-17,19-20H2,1-5H3,(H,38,41)/t26-,27-,28-/m0/s1. The van der Waals surface area contributed by atoms with Crippen LogP contribution in [0.4, 0.5) is 4.39 Å². The predicted octanol–water partition coefficient (Wildman–Crippen LogP) is 4.28. The summed E-state index contributed by atoms with van der Waals surface area (Å²) in [6.07, 6.45) is 9.37. The number of pyridine rings is 1. The van der Waals surface area contributed by atoms with Crippen molar-refractivity contribution in [3.8, 4) is 17.3 Å². The summed E-state index contributed by atoms with van der Waals surface area (Å²) in [5.74, 6) is 0.522. The Bertz CT molecular complexity index is 1430. The van der Waals surface area contributed by atoms with Crippen LogP contribution < -0.4 is 15.4 Å². The highest BCUT2D eigenvalue weighted by Gasteiger charge is 2.46. The van der Waals surface area contributed by atoms with Crippen molar-refractivity contribution < 1.29 is 23.8 Å². The molecule has 1 spiro atoms. The zero-order chi connectivity index (χ0) is 30.8. The van der Waals surface area contributed by atoms with Gasteiger partial charge in [-0.2, -0.15) is 0 Å². The fourth-order valence-electron chi connectivity index (χ4n) is 6.21. The third-order valence-corrected chi connectivity index (χ3v) is 8.35. The Hall–Kier alpha value is -3.34. The van der Waals surface area contributed by atoms with Crippen LogP contribution >= 0.6 is 0 Å². The summed E-state index contributed by atoms with van der Waals surface area (Å²) in [4.78, 5) is 21.6. The number of rotatable bonds is 11. The normalized spacial score (nSPS) is 18.8. The third-order valence-electron chi connectivity index (χ3n) is 8.35. The number of aromatic nitrogens is 3. The molecule has 232 valence electrons. The van der Waals surface area contributed by atoms with Crippen molar-refractivity contribution in [3.63, 3.8) is 0 Å². The quantitative estimate of drug-likeness (QED) is 0.304. The molecule has 3 heterocycles. The molecule has 1 fully saturated rings. The second-order valence-electron chi connectivity index (χ2n) is 13.4. The maximum atomic E-state index is 14.7. The van der Waals surface area contributed by atoms with Gasteiger partial charge in [0, 0.05) is 62.9 Å². The van der Waals surface area contributed by atoms with E-state index >= 15 is 0 Å². The minimum atomic E-state index is -0.963. The zero-order valence-electron chi connectivity index (χ0n) is 25.8. The molecule has 0 radical (unpaired) electrons. The molecule has 2 aliphatic rings. The molecule has 10 heteroatoms. The van der Waals surface area contributed by atoms with E-state index in [1.807, 2.05) is 23.9 Å². The van der Waals surface area contributed by atoms with E-state index in [0.717, 1.165) is 43.2 Å². The minimum Gasteiger partial charge on any atom is -0.471 e. The molecular weight excluding hydrogens is 549 g/mol. The summed E-state index contributed by atoms with van der Waals surface area (Å²) in [6, 6.07) is 6.13. The molecule has 2 aromatic heterocycles. The van der Waals surface area contributed by atoms with Gasteiger partial charge in [0.15, 0.2) is 0 Å². The smallest absolute Gasteiger partial charge is 0.246 e. The summed E-state index contributed by atoms with van der Waals surface area (Å²) in [5.41, 5.74) is 3.28. The molecule has 3 N–H and O–H groups in total. The molecule has 1 saturated carbocycles. The lowest BCUT2D eigenvalue weighted by molar-refractivity contribution is -0.126. The van der Waals surface area contributed by atoms with Gasteiger partial charge >= 0.3 is 0 Å². The Morgan fingerprint density at radius 3 is 2.67 bits per heavy atom. The van der Waals surface area contributed by atoms with E-state index in [1.165, 1.54) is 19.2 Å². The molecule has 3 aromatic rings.